The second-order valence-corrected chi connectivity index (χ2v) is 7.51. The van der Waals surface area contributed by atoms with Crippen LogP contribution in [0.25, 0.3) is 0 Å². The molecule has 6 heteroatoms. The van der Waals surface area contributed by atoms with Gasteiger partial charge in [-0.2, -0.15) is 0 Å². The summed E-state index contributed by atoms with van der Waals surface area (Å²) in [6.07, 6.45) is 1.87. The molecule has 3 atom stereocenters. The third-order valence-electron chi connectivity index (χ3n) is 4.81. The summed E-state index contributed by atoms with van der Waals surface area (Å²) < 4.78 is 6.03. The summed E-state index contributed by atoms with van der Waals surface area (Å²) in [5.74, 6) is 0.628. The highest BCUT2D eigenvalue weighted by Crippen LogP contribution is 2.56. The third kappa shape index (κ3) is 2.31. The smallest absolute Gasteiger partial charge is 0.183 e. The molecule has 2 aromatic carbocycles. The first-order valence-corrected chi connectivity index (χ1v) is 8.80. The van der Waals surface area contributed by atoms with Crippen molar-refractivity contribution < 1.29 is 9.84 Å². The molecule has 1 N–H and O–H groups in total. The van der Waals surface area contributed by atoms with Crippen molar-refractivity contribution in [3.05, 3.63) is 55.5 Å². The van der Waals surface area contributed by atoms with E-state index in [1.165, 1.54) is 11.1 Å². The fourth-order valence-electron chi connectivity index (χ4n) is 3.79. The summed E-state index contributed by atoms with van der Waals surface area (Å²) in [4.78, 5) is 0. The Kier molecular flexibility index (Phi) is 3.85. The van der Waals surface area contributed by atoms with Gasteiger partial charge in [-0.1, -0.05) is 70.7 Å². The molecule has 0 radical (unpaired) electrons. The largest absolute Gasteiger partial charge is 0.503 e. The van der Waals surface area contributed by atoms with Crippen LogP contribution in [0.15, 0.2) is 24.3 Å². The standard InChI is InChI=1S/C17H12Cl4O2/c18-12-13(19)15(21)17(16(22)14(12)20)23-11-6-7-5-10(11)9-4-2-1-3-8(7)9/h1-4,7,10-11,22H,5-6H2/t7-,10-,11+/m1/s1. The highest BCUT2D eigenvalue weighted by atomic mass is 35.5. The minimum absolute atomic E-state index is 0.0291. The van der Waals surface area contributed by atoms with Gasteiger partial charge in [-0.05, 0) is 29.9 Å². The first-order chi connectivity index (χ1) is 11.0. The zero-order chi connectivity index (χ0) is 16.3. The first-order valence-electron chi connectivity index (χ1n) is 7.29. The molecule has 2 aliphatic rings. The molecule has 2 nitrogen and oxygen atoms in total. The molecule has 23 heavy (non-hydrogen) atoms. The maximum Gasteiger partial charge on any atom is 0.183 e. The second kappa shape index (κ2) is 5.63. The summed E-state index contributed by atoms with van der Waals surface area (Å²) in [7, 11) is 0. The molecule has 2 aliphatic carbocycles. The molecular weight excluding hydrogens is 378 g/mol. The van der Waals surface area contributed by atoms with Gasteiger partial charge in [0.15, 0.2) is 11.5 Å². The van der Waals surface area contributed by atoms with Gasteiger partial charge in [0, 0.05) is 5.92 Å². The van der Waals surface area contributed by atoms with Crippen LogP contribution in [0, 0.1) is 0 Å². The molecule has 0 spiro atoms. The number of phenolic OH excluding ortho intramolecular Hbond substituents is 1. The van der Waals surface area contributed by atoms with Gasteiger partial charge >= 0.3 is 0 Å². The van der Waals surface area contributed by atoms with Crippen LogP contribution in [-0.4, -0.2) is 11.2 Å². The molecule has 0 unspecified atom stereocenters. The lowest BCUT2D eigenvalue weighted by molar-refractivity contribution is 0.178. The van der Waals surface area contributed by atoms with Crippen molar-refractivity contribution in [2.24, 2.45) is 0 Å². The van der Waals surface area contributed by atoms with Crippen molar-refractivity contribution in [3.63, 3.8) is 0 Å². The van der Waals surface area contributed by atoms with E-state index in [2.05, 4.69) is 18.2 Å². The van der Waals surface area contributed by atoms with E-state index in [0.29, 0.717) is 11.8 Å². The Morgan fingerprint density at radius 1 is 0.870 bits per heavy atom. The van der Waals surface area contributed by atoms with E-state index in [1.54, 1.807) is 0 Å². The summed E-state index contributed by atoms with van der Waals surface area (Å²) in [6, 6.07) is 8.42. The van der Waals surface area contributed by atoms with Gasteiger partial charge < -0.3 is 9.84 Å². The van der Waals surface area contributed by atoms with Crippen molar-refractivity contribution in [1.29, 1.82) is 0 Å². The third-order valence-corrected chi connectivity index (χ3v) is 6.58. The van der Waals surface area contributed by atoms with Gasteiger partial charge in [-0.25, -0.2) is 0 Å². The summed E-state index contributed by atoms with van der Waals surface area (Å²) in [5.41, 5.74) is 2.72. The van der Waals surface area contributed by atoms with E-state index < -0.39 is 0 Å². The van der Waals surface area contributed by atoms with Crippen LogP contribution in [0.5, 0.6) is 11.5 Å². The van der Waals surface area contributed by atoms with Crippen LogP contribution in [0.2, 0.25) is 20.1 Å². The van der Waals surface area contributed by atoms with Gasteiger partial charge in [0.25, 0.3) is 0 Å². The molecule has 2 bridgehead atoms. The highest BCUT2D eigenvalue weighted by Gasteiger charge is 2.45. The maximum atomic E-state index is 10.2. The second-order valence-electron chi connectivity index (χ2n) is 5.99. The first kappa shape index (κ1) is 15.7. The number of hydrogen-bond donors (Lipinski definition) is 1. The van der Waals surface area contributed by atoms with E-state index in [9.17, 15) is 5.11 Å². The molecule has 0 aliphatic heterocycles. The number of ether oxygens (including phenoxy) is 1. The van der Waals surface area contributed by atoms with Crippen LogP contribution in [0.1, 0.15) is 35.8 Å². The minimum Gasteiger partial charge on any atom is -0.503 e. The van der Waals surface area contributed by atoms with Crippen LogP contribution in [0.3, 0.4) is 0 Å². The summed E-state index contributed by atoms with van der Waals surface area (Å²) in [6.45, 7) is 0. The lowest BCUT2D eigenvalue weighted by Gasteiger charge is -2.26. The summed E-state index contributed by atoms with van der Waals surface area (Å²) in [5, 5.41) is 10.4. The van der Waals surface area contributed by atoms with Gasteiger partial charge in [-0.3, -0.25) is 0 Å². The number of rotatable bonds is 2. The Bertz CT molecular complexity index is 776. The maximum absolute atomic E-state index is 10.2. The molecule has 1 saturated carbocycles. The average molecular weight is 390 g/mol. The zero-order valence-electron chi connectivity index (χ0n) is 11.8. The van der Waals surface area contributed by atoms with E-state index in [1.807, 2.05) is 6.07 Å². The van der Waals surface area contributed by atoms with Gasteiger partial charge in [-0.15, -0.1) is 0 Å². The molecule has 2 aromatic rings. The molecular formula is C17H12Cl4O2. The Morgan fingerprint density at radius 3 is 2.26 bits per heavy atom. The Morgan fingerprint density at radius 2 is 1.52 bits per heavy atom. The molecule has 1 fully saturated rings. The number of benzene rings is 2. The van der Waals surface area contributed by atoms with Gasteiger partial charge in [0.1, 0.15) is 16.1 Å². The van der Waals surface area contributed by atoms with Crippen molar-refractivity contribution in [2.45, 2.75) is 30.8 Å². The van der Waals surface area contributed by atoms with Crippen molar-refractivity contribution >= 4 is 46.4 Å². The van der Waals surface area contributed by atoms with Crippen molar-refractivity contribution in [1.82, 2.24) is 0 Å². The van der Waals surface area contributed by atoms with Gasteiger partial charge in [0.05, 0.1) is 10.0 Å². The predicted molar refractivity (Wildman–Crippen MR) is 93.7 cm³/mol. The quantitative estimate of drug-likeness (QED) is 0.473. The number of hydrogen-bond acceptors (Lipinski definition) is 2. The van der Waals surface area contributed by atoms with E-state index >= 15 is 0 Å². The lowest BCUT2D eigenvalue weighted by Crippen LogP contribution is -2.23. The molecule has 0 aromatic heterocycles. The monoisotopic (exact) mass is 388 g/mol. The van der Waals surface area contributed by atoms with Crippen LogP contribution < -0.4 is 4.74 Å². The molecule has 0 saturated heterocycles. The Labute approximate surface area is 153 Å². The van der Waals surface area contributed by atoms with Gasteiger partial charge in [0.2, 0.25) is 0 Å². The fraction of sp³-hybridized carbons (Fsp3) is 0.294. The zero-order valence-corrected chi connectivity index (χ0v) is 14.8. The molecule has 4 rings (SSSR count). The number of aromatic hydroxyl groups is 1. The van der Waals surface area contributed by atoms with Crippen LogP contribution in [0.4, 0.5) is 0 Å². The minimum atomic E-state index is -0.262. The molecule has 120 valence electrons. The Balaban J connectivity index is 1.69. The van der Waals surface area contributed by atoms with Crippen LogP contribution in [-0.2, 0) is 0 Å². The van der Waals surface area contributed by atoms with Crippen LogP contribution >= 0.6 is 46.4 Å². The topological polar surface area (TPSA) is 29.5 Å². The SMILES string of the molecule is Oc1c(Cl)c(Cl)c(Cl)c(Cl)c1O[C@H]1C[C@H]2C[C@@H]1c1ccccc12. The van der Waals surface area contributed by atoms with E-state index in [0.717, 1.165) is 12.8 Å². The fourth-order valence-corrected chi connectivity index (χ4v) is 4.66. The predicted octanol–water partition coefficient (Wildman–Crippen LogP) is 6.43. The summed E-state index contributed by atoms with van der Waals surface area (Å²) >= 11 is 24.2. The number of phenols is 1. The average Bonchev–Trinajstić information content (AvgIpc) is 3.14. The van der Waals surface area contributed by atoms with Crippen molar-refractivity contribution in [2.75, 3.05) is 0 Å². The highest BCUT2D eigenvalue weighted by molar-refractivity contribution is 6.52. The molecule has 0 amide bonds. The number of halogens is 4. The molecule has 0 heterocycles. The normalized spacial score (nSPS) is 24.8. The van der Waals surface area contributed by atoms with Crippen molar-refractivity contribution in [3.8, 4) is 11.5 Å². The number of fused-ring (bicyclic) bond motifs is 5. The van der Waals surface area contributed by atoms with E-state index in [4.69, 9.17) is 51.1 Å². The Hall–Kier alpha value is -0.800. The van der Waals surface area contributed by atoms with E-state index in [-0.39, 0.29) is 37.7 Å². The lowest BCUT2D eigenvalue weighted by atomic mass is 9.90.